The Morgan fingerprint density at radius 2 is 1.97 bits per heavy atom. The number of hydrogen-bond acceptors (Lipinski definition) is 3. The first-order valence-electron chi connectivity index (χ1n) is 12.7. The highest BCUT2D eigenvalue weighted by atomic mass is 16.3. The van der Waals surface area contributed by atoms with Crippen LogP contribution in [0.2, 0.25) is 0 Å². The molecule has 0 radical (unpaired) electrons. The van der Waals surface area contributed by atoms with Crippen LogP contribution in [0.5, 0.6) is 5.75 Å². The minimum atomic E-state index is 0.293. The maximum Gasteiger partial charge on any atom is 0.116 e. The molecule has 0 aliphatic heterocycles. The van der Waals surface area contributed by atoms with Gasteiger partial charge in [0.15, 0.2) is 0 Å². The summed E-state index contributed by atoms with van der Waals surface area (Å²) in [5.74, 6) is 1.46. The van der Waals surface area contributed by atoms with Crippen molar-refractivity contribution in [3.8, 4) is 5.75 Å². The van der Waals surface area contributed by atoms with E-state index in [9.17, 15) is 5.11 Å². The number of aromatic hydroxyl groups is 1. The molecule has 0 spiro atoms. The summed E-state index contributed by atoms with van der Waals surface area (Å²) < 4.78 is 0. The fourth-order valence-corrected chi connectivity index (χ4v) is 4.66. The van der Waals surface area contributed by atoms with Crippen LogP contribution in [0.3, 0.4) is 0 Å². The average Bonchev–Trinajstić information content (AvgIpc) is 2.84. The molecule has 0 heterocycles. The van der Waals surface area contributed by atoms with E-state index in [4.69, 9.17) is 5.73 Å². The molecule has 0 aromatic heterocycles. The summed E-state index contributed by atoms with van der Waals surface area (Å²) in [6.07, 6.45) is 12.3. The lowest BCUT2D eigenvalue weighted by Gasteiger charge is -2.32. The highest BCUT2D eigenvalue weighted by Gasteiger charge is 2.27. The van der Waals surface area contributed by atoms with E-state index in [1.165, 1.54) is 48.8 Å². The summed E-state index contributed by atoms with van der Waals surface area (Å²) in [6.45, 7) is 8.69. The third kappa shape index (κ3) is 7.85. The number of nitrogens with two attached hydrogens (primary N) is 1. The maximum atomic E-state index is 9.99. The molecule has 180 valence electrons. The standard InChI is InChI=1S/C23H27NO.C7H17N/c1-4-7-23(24-3)22-15-19(25)13-12-18(22)14-21-16(2)10-11-17-8-5-6-9-20(17)21;1-3-5-6-7(8)4-2/h4-9,12-13,15-16,21,25H,10-11,14H2,1-3H3;7H,3-6,8H2,1-2H3/b7-4-,24-23?;/t16?,21-;/m1./s1. The molecular formula is C30H44N2O. The molecule has 0 fully saturated rings. The predicted octanol–water partition coefficient (Wildman–Crippen LogP) is 7.21. The zero-order valence-electron chi connectivity index (χ0n) is 21.3. The Kier molecular flexibility index (Phi) is 11.4. The monoisotopic (exact) mass is 448 g/mol. The largest absolute Gasteiger partial charge is 0.508 e. The van der Waals surface area contributed by atoms with Crippen LogP contribution >= 0.6 is 0 Å². The zero-order chi connectivity index (χ0) is 24.2. The Hall–Kier alpha value is -2.39. The molecule has 0 saturated carbocycles. The van der Waals surface area contributed by atoms with Gasteiger partial charge in [-0.1, -0.05) is 70.0 Å². The van der Waals surface area contributed by atoms with Gasteiger partial charge in [-0.15, -0.1) is 0 Å². The number of allylic oxidation sites excluding steroid dienone is 2. The van der Waals surface area contributed by atoms with Crippen molar-refractivity contribution in [2.75, 3.05) is 7.05 Å². The first-order chi connectivity index (χ1) is 15.9. The van der Waals surface area contributed by atoms with Crippen LogP contribution in [0.1, 0.15) is 88.0 Å². The second-order valence-electron chi connectivity index (χ2n) is 9.29. The summed E-state index contributed by atoms with van der Waals surface area (Å²) in [5.41, 5.74) is 11.8. The normalized spacial score (nSPS) is 19.0. The molecule has 0 bridgehead atoms. The fraction of sp³-hybridized carbons (Fsp3) is 0.500. The molecule has 3 N–H and O–H groups in total. The van der Waals surface area contributed by atoms with Crippen molar-refractivity contribution >= 4 is 5.71 Å². The Morgan fingerprint density at radius 1 is 1.21 bits per heavy atom. The number of phenols is 1. The highest BCUT2D eigenvalue weighted by molar-refractivity contribution is 6.09. The quantitative estimate of drug-likeness (QED) is 0.419. The molecule has 2 aromatic rings. The highest BCUT2D eigenvalue weighted by Crippen LogP contribution is 2.39. The van der Waals surface area contributed by atoms with E-state index >= 15 is 0 Å². The molecule has 3 nitrogen and oxygen atoms in total. The molecule has 0 amide bonds. The van der Waals surface area contributed by atoms with Crippen molar-refractivity contribution in [3.05, 3.63) is 76.9 Å². The van der Waals surface area contributed by atoms with Crippen LogP contribution in [0.4, 0.5) is 0 Å². The molecular weight excluding hydrogens is 404 g/mol. The SMILES string of the molecule is C/C=C\C(=NC)c1cc(O)ccc1C[C@H]1c2ccccc2CCC1C.CCCCC(N)CC. The lowest BCUT2D eigenvalue weighted by Crippen LogP contribution is -2.21. The van der Waals surface area contributed by atoms with Crippen molar-refractivity contribution in [1.82, 2.24) is 0 Å². The van der Waals surface area contributed by atoms with E-state index in [2.05, 4.69) is 56.1 Å². The van der Waals surface area contributed by atoms with E-state index in [-0.39, 0.29) is 0 Å². The van der Waals surface area contributed by atoms with Crippen LogP contribution in [-0.2, 0) is 12.8 Å². The minimum absolute atomic E-state index is 0.293. The van der Waals surface area contributed by atoms with Gasteiger partial charge in [-0.25, -0.2) is 0 Å². The molecule has 33 heavy (non-hydrogen) atoms. The molecule has 3 rings (SSSR count). The van der Waals surface area contributed by atoms with Crippen molar-refractivity contribution < 1.29 is 5.11 Å². The second kappa shape index (κ2) is 14.0. The van der Waals surface area contributed by atoms with Gasteiger partial charge in [0.2, 0.25) is 0 Å². The first-order valence-corrected chi connectivity index (χ1v) is 12.7. The van der Waals surface area contributed by atoms with Gasteiger partial charge in [0.1, 0.15) is 5.75 Å². The molecule has 1 aliphatic rings. The Bertz CT molecular complexity index is 915. The van der Waals surface area contributed by atoms with Gasteiger partial charge in [0.05, 0.1) is 5.71 Å². The minimum Gasteiger partial charge on any atom is -0.508 e. The molecule has 0 saturated heterocycles. The van der Waals surface area contributed by atoms with E-state index in [0.29, 0.717) is 23.6 Å². The third-order valence-corrected chi connectivity index (χ3v) is 6.84. The zero-order valence-corrected chi connectivity index (χ0v) is 21.3. The van der Waals surface area contributed by atoms with Gasteiger partial charge in [-0.2, -0.15) is 0 Å². The third-order valence-electron chi connectivity index (χ3n) is 6.84. The number of fused-ring (bicyclic) bond motifs is 1. The van der Waals surface area contributed by atoms with Crippen molar-refractivity contribution in [2.24, 2.45) is 16.6 Å². The lowest BCUT2D eigenvalue weighted by atomic mass is 9.73. The van der Waals surface area contributed by atoms with Gasteiger partial charge in [0.25, 0.3) is 0 Å². The van der Waals surface area contributed by atoms with Crippen LogP contribution < -0.4 is 5.73 Å². The van der Waals surface area contributed by atoms with E-state index in [1.807, 2.05) is 32.2 Å². The first kappa shape index (κ1) is 26.9. The molecule has 3 atom stereocenters. The van der Waals surface area contributed by atoms with Crippen molar-refractivity contribution in [1.29, 1.82) is 0 Å². The van der Waals surface area contributed by atoms with Gasteiger partial charge in [-0.3, -0.25) is 4.99 Å². The van der Waals surface area contributed by atoms with Crippen LogP contribution in [0, 0.1) is 5.92 Å². The summed E-state index contributed by atoms with van der Waals surface area (Å²) >= 11 is 0. The van der Waals surface area contributed by atoms with Crippen molar-refractivity contribution in [3.63, 3.8) is 0 Å². The van der Waals surface area contributed by atoms with E-state index in [0.717, 1.165) is 24.1 Å². The maximum absolute atomic E-state index is 9.99. The molecule has 2 unspecified atom stereocenters. The van der Waals surface area contributed by atoms with Gasteiger partial charge >= 0.3 is 0 Å². The Balaban J connectivity index is 0.000000414. The average molecular weight is 449 g/mol. The Morgan fingerprint density at radius 3 is 2.64 bits per heavy atom. The van der Waals surface area contributed by atoms with Gasteiger partial charge in [0, 0.05) is 18.7 Å². The number of hydrogen-bond donors (Lipinski definition) is 2. The van der Waals surface area contributed by atoms with Gasteiger partial charge in [-0.05, 0) is 85.8 Å². The Labute approximate surface area is 201 Å². The molecule has 1 aliphatic carbocycles. The van der Waals surface area contributed by atoms with Crippen LogP contribution in [0.25, 0.3) is 0 Å². The van der Waals surface area contributed by atoms with Crippen LogP contribution in [-0.4, -0.2) is 23.9 Å². The summed E-state index contributed by atoms with van der Waals surface area (Å²) in [4.78, 5) is 4.42. The number of benzene rings is 2. The summed E-state index contributed by atoms with van der Waals surface area (Å²) in [6, 6.07) is 15.0. The smallest absolute Gasteiger partial charge is 0.116 e. The predicted molar refractivity (Wildman–Crippen MR) is 144 cm³/mol. The number of aryl methyl sites for hydroxylation is 1. The molecule has 2 aromatic carbocycles. The number of nitrogens with zero attached hydrogens (tertiary/aromatic N) is 1. The topological polar surface area (TPSA) is 58.6 Å². The number of rotatable bonds is 8. The lowest BCUT2D eigenvalue weighted by molar-refractivity contribution is 0.400. The summed E-state index contributed by atoms with van der Waals surface area (Å²) in [5, 5.41) is 9.99. The number of phenolic OH excluding ortho intramolecular Hbond substituents is 1. The van der Waals surface area contributed by atoms with E-state index < -0.39 is 0 Å². The summed E-state index contributed by atoms with van der Waals surface area (Å²) in [7, 11) is 1.81. The number of unbranched alkanes of at least 4 members (excludes halogenated alkanes) is 1. The fourth-order valence-electron chi connectivity index (χ4n) is 4.66. The molecule has 3 heteroatoms. The van der Waals surface area contributed by atoms with Crippen molar-refractivity contribution in [2.45, 2.75) is 84.6 Å². The van der Waals surface area contributed by atoms with E-state index in [1.54, 1.807) is 6.07 Å². The number of aliphatic imine (C=N–C) groups is 1. The van der Waals surface area contributed by atoms with Crippen LogP contribution in [0.15, 0.2) is 59.6 Å². The second-order valence-corrected chi connectivity index (χ2v) is 9.29. The van der Waals surface area contributed by atoms with Gasteiger partial charge < -0.3 is 10.8 Å².